The molecule has 1 rings (SSSR count). The molecule has 0 saturated heterocycles. The van der Waals surface area contributed by atoms with E-state index in [1.807, 2.05) is 62.4 Å². The van der Waals surface area contributed by atoms with Gasteiger partial charge in [-0.05, 0) is 38.1 Å². The largest absolute Gasteiger partial charge is 0.458 e. The summed E-state index contributed by atoms with van der Waals surface area (Å²) in [6.07, 6.45) is 5.76. The van der Waals surface area contributed by atoms with E-state index in [1.54, 1.807) is 0 Å². The van der Waals surface area contributed by atoms with E-state index in [1.165, 1.54) is 0 Å². The van der Waals surface area contributed by atoms with Crippen LogP contribution in [0.15, 0.2) is 66.5 Å². The topological polar surface area (TPSA) is 9.23 Å². The molecule has 0 aliphatic rings. The quantitative estimate of drug-likeness (QED) is 0.525. The van der Waals surface area contributed by atoms with Gasteiger partial charge in [-0.2, -0.15) is 0 Å². The zero-order valence-corrected chi connectivity index (χ0v) is 9.23. The Bertz CT molecular complexity index is 372. The normalized spacial score (nSPS) is 11.7. The van der Waals surface area contributed by atoms with Gasteiger partial charge in [0.25, 0.3) is 0 Å². The predicted octanol–water partition coefficient (Wildman–Crippen LogP) is 4.10. The lowest BCUT2D eigenvalue weighted by molar-refractivity contribution is 0.443. The summed E-state index contributed by atoms with van der Waals surface area (Å²) in [5, 5.41) is 0. The van der Waals surface area contributed by atoms with E-state index in [-0.39, 0.29) is 0 Å². The van der Waals surface area contributed by atoms with Gasteiger partial charge in [0.05, 0.1) is 0 Å². The van der Waals surface area contributed by atoms with Crippen LogP contribution >= 0.6 is 0 Å². The maximum Gasteiger partial charge on any atom is 0.127 e. The molecule has 1 aromatic carbocycles. The zero-order valence-electron chi connectivity index (χ0n) is 9.23. The Hall–Kier alpha value is -1.76. The van der Waals surface area contributed by atoms with E-state index in [0.29, 0.717) is 0 Å². The molecule has 1 heteroatoms. The van der Waals surface area contributed by atoms with Crippen LogP contribution in [0, 0.1) is 0 Å². The fourth-order valence-corrected chi connectivity index (χ4v) is 1.04. The molecule has 0 N–H and O–H groups in total. The summed E-state index contributed by atoms with van der Waals surface area (Å²) in [4.78, 5) is 0. The van der Waals surface area contributed by atoms with Crippen molar-refractivity contribution in [2.24, 2.45) is 0 Å². The first-order valence-electron chi connectivity index (χ1n) is 4.95. The second-order valence-corrected chi connectivity index (χ2v) is 3.29. The van der Waals surface area contributed by atoms with Gasteiger partial charge in [-0.25, -0.2) is 0 Å². The minimum atomic E-state index is 0.823. The third-order valence-electron chi connectivity index (χ3n) is 1.80. The zero-order chi connectivity index (χ0) is 11.1. The lowest BCUT2D eigenvalue weighted by Crippen LogP contribution is -1.91. The highest BCUT2D eigenvalue weighted by molar-refractivity contribution is 5.28. The highest BCUT2D eigenvalue weighted by Gasteiger charge is 1.94. The molecule has 0 unspecified atom stereocenters. The van der Waals surface area contributed by atoms with Crippen molar-refractivity contribution in [2.75, 3.05) is 0 Å². The first kappa shape index (κ1) is 11.3. The fraction of sp³-hybridized carbons (Fsp3) is 0.143. The standard InChI is InChI=1S/C14H16O/c1-4-13(11-10-12(2)3)15-14-8-6-5-7-9-14/h4-11H,2H2,1,3H3/b11-10-,13-4+. The number of benzene rings is 1. The van der Waals surface area contributed by atoms with Gasteiger partial charge < -0.3 is 4.74 Å². The van der Waals surface area contributed by atoms with E-state index >= 15 is 0 Å². The smallest absolute Gasteiger partial charge is 0.127 e. The van der Waals surface area contributed by atoms with E-state index in [4.69, 9.17) is 4.74 Å². The van der Waals surface area contributed by atoms with Crippen molar-refractivity contribution in [3.63, 3.8) is 0 Å². The van der Waals surface area contributed by atoms with Gasteiger partial charge in [-0.1, -0.05) is 36.4 Å². The Balaban J connectivity index is 2.68. The summed E-state index contributed by atoms with van der Waals surface area (Å²) < 4.78 is 5.65. The molecule has 0 aliphatic carbocycles. The molecule has 0 heterocycles. The van der Waals surface area contributed by atoms with Gasteiger partial charge in [0, 0.05) is 0 Å². The highest BCUT2D eigenvalue weighted by Crippen LogP contribution is 2.13. The average Bonchev–Trinajstić information content (AvgIpc) is 2.25. The molecular formula is C14H16O. The lowest BCUT2D eigenvalue weighted by atomic mass is 10.3. The minimum Gasteiger partial charge on any atom is -0.458 e. The van der Waals surface area contributed by atoms with Gasteiger partial charge in [0.1, 0.15) is 11.5 Å². The highest BCUT2D eigenvalue weighted by atomic mass is 16.5. The fourth-order valence-electron chi connectivity index (χ4n) is 1.04. The Morgan fingerprint density at radius 1 is 1.20 bits per heavy atom. The molecule has 1 aromatic rings. The summed E-state index contributed by atoms with van der Waals surface area (Å²) in [6, 6.07) is 9.72. The lowest BCUT2D eigenvalue weighted by Gasteiger charge is -2.05. The first-order chi connectivity index (χ1) is 7.22. The van der Waals surface area contributed by atoms with Crippen LogP contribution in [0.1, 0.15) is 13.8 Å². The molecule has 15 heavy (non-hydrogen) atoms. The molecule has 0 fully saturated rings. The van der Waals surface area contributed by atoms with E-state index in [9.17, 15) is 0 Å². The van der Waals surface area contributed by atoms with E-state index in [0.717, 1.165) is 17.1 Å². The van der Waals surface area contributed by atoms with Crippen LogP contribution in [0.4, 0.5) is 0 Å². The van der Waals surface area contributed by atoms with Crippen molar-refractivity contribution in [3.05, 3.63) is 66.5 Å². The molecule has 78 valence electrons. The second-order valence-electron chi connectivity index (χ2n) is 3.29. The molecule has 0 atom stereocenters. The van der Waals surface area contributed by atoms with E-state index < -0.39 is 0 Å². The number of para-hydroxylation sites is 1. The number of hydrogen-bond donors (Lipinski definition) is 0. The summed E-state index contributed by atoms with van der Waals surface area (Å²) in [5.41, 5.74) is 1.01. The van der Waals surface area contributed by atoms with Gasteiger partial charge in [-0.15, -0.1) is 0 Å². The molecule has 0 bridgehead atoms. The Labute approximate surface area is 91.4 Å². The molecule has 0 spiro atoms. The molecule has 0 radical (unpaired) electrons. The van der Waals surface area contributed by atoms with Gasteiger partial charge in [-0.3, -0.25) is 0 Å². The Morgan fingerprint density at radius 2 is 1.87 bits per heavy atom. The Morgan fingerprint density at radius 3 is 2.40 bits per heavy atom. The molecule has 0 aromatic heterocycles. The molecule has 0 saturated carbocycles. The van der Waals surface area contributed by atoms with Crippen LogP contribution in [-0.2, 0) is 0 Å². The van der Waals surface area contributed by atoms with E-state index in [2.05, 4.69) is 6.58 Å². The van der Waals surface area contributed by atoms with Crippen LogP contribution in [0.2, 0.25) is 0 Å². The number of allylic oxidation sites excluding steroid dienone is 4. The van der Waals surface area contributed by atoms with Crippen LogP contribution in [0.5, 0.6) is 5.75 Å². The average molecular weight is 200 g/mol. The minimum absolute atomic E-state index is 0.823. The number of rotatable bonds is 4. The number of hydrogen-bond acceptors (Lipinski definition) is 1. The summed E-state index contributed by atoms with van der Waals surface area (Å²) >= 11 is 0. The summed E-state index contributed by atoms with van der Waals surface area (Å²) in [6.45, 7) is 7.70. The van der Waals surface area contributed by atoms with Crippen LogP contribution in [-0.4, -0.2) is 0 Å². The van der Waals surface area contributed by atoms with Crippen LogP contribution < -0.4 is 4.74 Å². The molecule has 0 amide bonds. The van der Waals surface area contributed by atoms with Crippen LogP contribution in [0.25, 0.3) is 0 Å². The second kappa shape index (κ2) is 5.86. The molecular weight excluding hydrogens is 184 g/mol. The third kappa shape index (κ3) is 4.32. The van der Waals surface area contributed by atoms with Crippen molar-refractivity contribution < 1.29 is 4.74 Å². The predicted molar refractivity (Wildman–Crippen MR) is 64.8 cm³/mol. The Kier molecular flexibility index (Phi) is 4.42. The maximum atomic E-state index is 5.65. The van der Waals surface area contributed by atoms with Crippen molar-refractivity contribution in [3.8, 4) is 5.75 Å². The van der Waals surface area contributed by atoms with Gasteiger partial charge >= 0.3 is 0 Å². The molecule has 1 nitrogen and oxygen atoms in total. The van der Waals surface area contributed by atoms with Crippen molar-refractivity contribution >= 4 is 0 Å². The van der Waals surface area contributed by atoms with Crippen molar-refractivity contribution in [2.45, 2.75) is 13.8 Å². The monoisotopic (exact) mass is 200 g/mol. The molecule has 0 aliphatic heterocycles. The van der Waals surface area contributed by atoms with Crippen molar-refractivity contribution in [1.82, 2.24) is 0 Å². The van der Waals surface area contributed by atoms with Crippen LogP contribution in [0.3, 0.4) is 0 Å². The third-order valence-corrected chi connectivity index (χ3v) is 1.80. The summed E-state index contributed by atoms with van der Waals surface area (Å²) in [5.74, 6) is 1.67. The van der Waals surface area contributed by atoms with Gasteiger partial charge in [0.15, 0.2) is 0 Å². The number of ether oxygens (including phenoxy) is 1. The SMILES string of the molecule is C=C(C)/C=C\C(=C/C)Oc1ccccc1. The first-order valence-corrected chi connectivity index (χ1v) is 4.95. The maximum absolute atomic E-state index is 5.65. The van der Waals surface area contributed by atoms with Crippen molar-refractivity contribution in [1.29, 1.82) is 0 Å². The summed E-state index contributed by atoms with van der Waals surface area (Å²) in [7, 11) is 0. The van der Waals surface area contributed by atoms with Gasteiger partial charge in [0.2, 0.25) is 0 Å².